The zero-order chi connectivity index (χ0) is 23.5. The summed E-state index contributed by atoms with van der Waals surface area (Å²) in [6, 6.07) is 11.8. The minimum Gasteiger partial charge on any atom is -0.335 e. The lowest BCUT2D eigenvalue weighted by Crippen LogP contribution is -2.45. The maximum atomic E-state index is 13.2. The van der Waals surface area contributed by atoms with Gasteiger partial charge in [-0.2, -0.15) is 0 Å². The van der Waals surface area contributed by atoms with E-state index in [1.807, 2.05) is 19.1 Å². The Kier molecular flexibility index (Phi) is 6.57. The number of nitrogens with zero attached hydrogens (tertiary/aromatic N) is 2. The van der Waals surface area contributed by atoms with Gasteiger partial charge in [0.15, 0.2) is 0 Å². The Morgan fingerprint density at radius 1 is 1.12 bits per heavy atom. The van der Waals surface area contributed by atoms with Gasteiger partial charge in [-0.1, -0.05) is 37.3 Å². The molecule has 9 heteroatoms. The van der Waals surface area contributed by atoms with Crippen LogP contribution in [0, 0.1) is 5.82 Å². The first-order valence-electron chi connectivity index (χ1n) is 10.2. The third kappa shape index (κ3) is 4.61. The van der Waals surface area contributed by atoms with E-state index in [1.165, 1.54) is 38.2 Å². The number of likely N-dealkylation sites (N-methyl/N-ethyl adjacent to an activating group) is 1. The van der Waals surface area contributed by atoms with Crippen LogP contribution >= 0.6 is 0 Å². The molecule has 1 atom stereocenters. The van der Waals surface area contributed by atoms with Crippen molar-refractivity contribution in [3.05, 3.63) is 65.5 Å². The van der Waals surface area contributed by atoms with Crippen LogP contribution in [0.3, 0.4) is 0 Å². The van der Waals surface area contributed by atoms with E-state index in [0.717, 1.165) is 21.8 Å². The third-order valence-electron chi connectivity index (χ3n) is 5.47. The molecule has 8 nitrogen and oxygen atoms in total. The van der Waals surface area contributed by atoms with Gasteiger partial charge in [-0.15, -0.1) is 0 Å². The van der Waals surface area contributed by atoms with Gasteiger partial charge in [0.05, 0.1) is 6.54 Å². The number of imide groups is 1. The van der Waals surface area contributed by atoms with Gasteiger partial charge < -0.3 is 15.5 Å². The summed E-state index contributed by atoms with van der Waals surface area (Å²) in [5.41, 5.74) is 0.624. The van der Waals surface area contributed by atoms with Gasteiger partial charge in [0, 0.05) is 12.7 Å². The Hall–Kier alpha value is -3.75. The van der Waals surface area contributed by atoms with Gasteiger partial charge in [0.1, 0.15) is 17.9 Å². The second kappa shape index (κ2) is 9.17. The van der Waals surface area contributed by atoms with Crippen molar-refractivity contribution in [1.29, 1.82) is 0 Å². The van der Waals surface area contributed by atoms with Crippen LogP contribution in [-0.2, 0) is 26.3 Å². The van der Waals surface area contributed by atoms with Crippen molar-refractivity contribution in [3.8, 4) is 0 Å². The molecule has 0 aliphatic carbocycles. The molecule has 2 N–H and O–H groups in total. The average molecular weight is 440 g/mol. The molecule has 1 saturated heterocycles. The van der Waals surface area contributed by atoms with E-state index in [-0.39, 0.29) is 6.54 Å². The van der Waals surface area contributed by atoms with E-state index < -0.39 is 41.7 Å². The van der Waals surface area contributed by atoms with Crippen molar-refractivity contribution in [2.24, 2.45) is 0 Å². The minimum absolute atomic E-state index is 0.240. The van der Waals surface area contributed by atoms with E-state index in [9.17, 15) is 23.6 Å². The van der Waals surface area contributed by atoms with Crippen LogP contribution in [0.25, 0.3) is 0 Å². The van der Waals surface area contributed by atoms with Crippen molar-refractivity contribution in [2.45, 2.75) is 25.8 Å². The number of rotatable bonds is 7. The highest BCUT2D eigenvalue weighted by Crippen LogP contribution is 2.28. The fraction of sp³-hybridized carbons (Fsp3) is 0.304. The SMILES string of the molecule is CCc1ccccc1NC(=O)CN(C)C(=O)CN1C(=O)NC(C)(c2ccc(F)cc2)C1=O. The Balaban J connectivity index is 1.63. The minimum atomic E-state index is -1.41. The molecule has 0 radical (unpaired) electrons. The highest BCUT2D eigenvalue weighted by atomic mass is 19.1. The molecular weight excluding hydrogens is 415 g/mol. The summed E-state index contributed by atoms with van der Waals surface area (Å²) < 4.78 is 13.2. The lowest BCUT2D eigenvalue weighted by Gasteiger charge is -2.23. The van der Waals surface area contributed by atoms with Crippen LogP contribution in [-0.4, -0.2) is 53.7 Å². The highest BCUT2D eigenvalue weighted by molar-refractivity contribution is 6.09. The van der Waals surface area contributed by atoms with Gasteiger partial charge in [0.2, 0.25) is 11.8 Å². The summed E-state index contributed by atoms with van der Waals surface area (Å²) >= 11 is 0. The second-order valence-corrected chi connectivity index (χ2v) is 7.76. The van der Waals surface area contributed by atoms with Gasteiger partial charge in [-0.3, -0.25) is 19.3 Å². The molecule has 0 spiro atoms. The Morgan fingerprint density at radius 2 is 1.78 bits per heavy atom. The molecule has 1 heterocycles. The largest absolute Gasteiger partial charge is 0.335 e. The molecule has 32 heavy (non-hydrogen) atoms. The van der Waals surface area contributed by atoms with E-state index in [2.05, 4.69) is 10.6 Å². The second-order valence-electron chi connectivity index (χ2n) is 7.76. The monoisotopic (exact) mass is 440 g/mol. The number of carbonyl (C=O) groups is 4. The van der Waals surface area contributed by atoms with E-state index in [0.29, 0.717) is 11.3 Å². The fourth-order valence-corrected chi connectivity index (χ4v) is 3.52. The number of hydrogen-bond donors (Lipinski definition) is 2. The van der Waals surface area contributed by atoms with Crippen LogP contribution in [0.2, 0.25) is 0 Å². The maximum Gasteiger partial charge on any atom is 0.325 e. The van der Waals surface area contributed by atoms with Crippen molar-refractivity contribution in [2.75, 3.05) is 25.5 Å². The highest BCUT2D eigenvalue weighted by Gasteiger charge is 2.49. The van der Waals surface area contributed by atoms with Crippen molar-refractivity contribution in [3.63, 3.8) is 0 Å². The summed E-state index contributed by atoms with van der Waals surface area (Å²) in [5.74, 6) is -2.06. The molecule has 1 aliphatic rings. The number of para-hydroxylation sites is 1. The maximum absolute atomic E-state index is 13.2. The molecule has 0 saturated carbocycles. The Labute approximate surface area is 185 Å². The van der Waals surface area contributed by atoms with Crippen molar-refractivity contribution < 1.29 is 23.6 Å². The van der Waals surface area contributed by atoms with E-state index >= 15 is 0 Å². The number of carbonyl (C=O) groups excluding carboxylic acids is 4. The average Bonchev–Trinajstić information content (AvgIpc) is 2.98. The van der Waals surface area contributed by atoms with Gasteiger partial charge >= 0.3 is 6.03 Å². The number of anilines is 1. The van der Waals surface area contributed by atoms with Gasteiger partial charge in [-0.25, -0.2) is 9.18 Å². The normalized spacial score (nSPS) is 17.8. The lowest BCUT2D eigenvalue weighted by atomic mass is 9.92. The summed E-state index contributed by atoms with van der Waals surface area (Å²) in [4.78, 5) is 52.3. The quantitative estimate of drug-likeness (QED) is 0.645. The molecular formula is C23H25FN4O4. The van der Waals surface area contributed by atoms with Crippen molar-refractivity contribution >= 4 is 29.4 Å². The smallest absolute Gasteiger partial charge is 0.325 e. The number of amides is 5. The number of aryl methyl sites for hydroxylation is 1. The van der Waals surface area contributed by atoms with Crippen LogP contribution in [0.15, 0.2) is 48.5 Å². The summed E-state index contributed by atoms with van der Waals surface area (Å²) in [6.07, 6.45) is 0.740. The van der Waals surface area contributed by atoms with Crippen LogP contribution in [0.5, 0.6) is 0 Å². The molecule has 0 bridgehead atoms. The summed E-state index contributed by atoms with van der Waals surface area (Å²) in [5, 5.41) is 5.34. The van der Waals surface area contributed by atoms with Crippen molar-refractivity contribution in [1.82, 2.24) is 15.1 Å². The zero-order valence-electron chi connectivity index (χ0n) is 18.1. The molecule has 0 aromatic heterocycles. The molecule has 168 valence electrons. The number of nitrogens with one attached hydrogen (secondary N) is 2. The molecule has 5 amide bonds. The first kappa shape index (κ1) is 22.9. The number of urea groups is 1. The van der Waals surface area contributed by atoms with Crippen LogP contribution in [0.4, 0.5) is 14.9 Å². The Bertz CT molecular complexity index is 1060. The zero-order valence-corrected chi connectivity index (χ0v) is 18.1. The predicted molar refractivity (Wildman–Crippen MR) is 116 cm³/mol. The van der Waals surface area contributed by atoms with E-state index in [1.54, 1.807) is 12.1 Å². The molecule has 3 rings (SSSR count). The van der Waals surface area contributed by atoms with Gasteiger partial charge in [0.25, 0.3) is 5.91 Å². The van der Waals surface area contributed by atoms with Crippen LogP contribution in [0.1, 0.15) is 25.0 Å². The predicted octanol–water partition coefficient (Wildman–Crippen LogP) is 2.25. The number of halogens is 1. The van der Waals surface area contributed by atoms with Crippen LogP contribution < -0.4 is 10.6 Å². The topological polar surface area (TPSA) is 98.8 Å². The molecule has 1 aliphatic heterocycles. The van der Waals surface area contributed by atoms with E-state index in [4.69, 9.17) is 0 Å². The third-order valence-corrected chi connectivity index (χ3v) is 5.47. The lowest BCUT2D eigenvalue weighted by molar-refractivity contribution is -0.139. The Morgan fingerprint density at radius 3 is 2.44 bits per heavy atom. The molecule has 1 fully saturated rings. The molecule has 1 unspecified atom stereocenters. The number of benzene rings is 2. The first-order valence-corrected chi connectivity index (χ1v) is 10.2. The first-order chi connectivity index (χ1) is 15.2. The molecule has 2 aromatic carbocycles. The number of hydrogen-bond acceptors (Lipinski definition) is 4. The summed E-state index contributed by atoms with van der Waals surface area (Å²) in [7, 11) is 1.42. The molecule has 2 aromatic rings. The van der Waals surface area contributed by atoms with Gasteiger partial charge in [-0.05, 0) is 42.7 Å². The fourth-order valence-electron chi connectivity index (χ4n) is 3.52. The standard InChI is InChI=1S/C23H25FN4O4/c1-4-15-7-5-6-8-18(15)25-19(29)13-27(3)20(30)14-28-21(31)23(2,26-22(28)32)16-9-11-17(24)12-10-16/h5-12H,4,13-14H2,1-3H3,(H,25,29)(H,26,32). The summed E-state index contributed by atoms with van der Waals surface area (Å²) in [6.45, 7) is 2.71.